The monoisotopic (exact) mass is 329 g/mol. The summed E-state index contributed by atoms with van der Waals surface area (Å²) in [5.74, 6) is 0.304. The molecule has 2 aliphatic rings. The molecular weight excluding hydrogens is 306 g/mol. The van der Waals surface area contributed by atoms with Gasteiger partial charge in [-0.15, -0.1) is 0 Å². The van der Waals surface area contributed by atoms with Crippen molar-refractivity contribution in [2.75, 3.05) is 20.1 Å². The van der Waals surface area contributed by atoms with Crippen molar-refractivity contribution in [1.82, 2.24) is 15.1 Å². The van der Waals surface area contributed by atoms with Crippen LogP contribution in [-0.4, -0.2) is 47.8 Å². The second-order valence-electron chi connectivity index (χ2n) is 6.58. The van der Waals surface area contributed by atoms with E-state index in [0.717, 1.165) is 18.4 Å². The Balaban J connectivity index is 1.48. The van der Waals surface area contributed by atoms with Crippen molar-refractivity contribution in [3.05, 3.63) is 35.9 Å². The van der Waals surface area contributed by atoms with Crippen LogP contribution in [0.15, 0.2) is 30.3 Å². The van der Waals surface area contributed by atoms with Crippen molar-refractivity contribution >= 4 is 17.8 Å². The second kappa shape index (κ2) is 7.03. The number of imide groups is 1. The normalized spacial score (nSPS) is 18.9. The van der Waals surface area contributed by atoms with Crippen molar-refractivity contribution in [2.24, 2.45) is 5.92 Å². The van der Waals surface area contributed by atoms with Crippen LogP contribution < -0.4 is 5.32 Å². The molecule has 1 N–H and O–H groups in total. The third kappa shape index (κ3) is 3.75. The van der Waals surface area contributed by atoms with Crippen LogP contribution in [0.2, 0.25) is 0 Å². The Labute approximate surface area is 141 Å². The smallest absolute Gasteiger partial charge is 0.326 e. The number of hydrogen-bond acceptors (Lipinski definition) is 3. The van der Waals surface area contributed by atoms with Crippen molar-refractivity contribution < 1.29 is 14.4 Å². The summed E-state index contributed by atoms with van der Waals surface area (Å²) < 4.78 is 0. The van der Waals surface area contributed by atoms with E-state index in [1.54, 1.807) is 7.05 Å². The molecule has 1 heterocycles. The molecule has 0 spiro atoms. The summed E-state index contributed by atoms with van der Waals surface area (Å²) in [6.45, 7) is 0.428. The maximum absolute atomic E-state index is 12.3. The first-order valence-electron chi connectivity index (χ1n) is 8.46. The number of benzene rings is 1. The Bertz CT molecular complexity index is 628. The summed E-state index contributed by atoms with van der Waals surface area (Å²) in [5.41, 5.74) is 1.14. The molecule has 3 rings (SSSR count). The van der Waals surface area contributed by atoms with Crippen molar-refractivity contribution in [3.8, 4) is 0 Å². The molecular formula is C18H23N3O3. The van der Waals surface area contributed by atoms with Crippen LogP contribution in [0, 0.1) is 5.92 Å². The van der Waals surface area contributed by atoms with E-state index in [0.29, 0.717) is 25.3 Å². The fraction of sp³-hybridized carbons (Fsp3) is 0.500. The van der Waals surface area contributed by atoms with Gasteiger partial charge >= 0.3 is 6.03 Å². The van der Waals surface area contributed by atoms with Gasteiger partial charge in [-0.25, -0.2) is 4.79 Å². The number of urea groups is 1. The number of nitrogens with one attached hydrogen (secondary N) is 1. The fourth-order valence-corrected chi connectivity index (χ4v) is 3.10. The summed E-state index contributed by atoms with van der Waals surface area (Å²) in [7, 11) is 1.60. The summed E-state index contributed by atoms with van der Waals surface area (Å²) in [4.78, 5) is 38.3. The summed E-state index contributed by atoms with van der Waals surface area (Å²) >= 11 is 0. The van der Waals surface area contributed by atoms with Crippen molar-refractivity contribution in [1.29, 1.82) is 0 Å². The number of hydrogen-bond donors (Lipinski definition) is 1. The molecule has 1 saturated heterocycles. The molecule has 1 aromatic carbocycles. The molecule has 1 unspecified atom stereocenters. The Morgan fingerprint density at radius 1 is 1.25 bits per heavy atom. The van der Waals surface area contributed by atoms with Gasteiger partial charge in [0, 0.05) is 20.0 Å². The standard InChI is InChI=1S/C18H23N3O3/c1-20-12-16(23)21(18(20)24)11-5-8-15(22)19-17(14-9-10-14)13-6-3-2-4-7-13/h2-4,6-7,14,17H,5,8-12H2,1H3,(H,19,22). The van der Waals surface area contributed by atoms with Crippen LogP contribution in [0.5, 0.6) is 0 Å². The molecule has 2 fully saturated rings. The average molecular weight is 329 g/mol. The molecule has 0 radical (unpaired) electrons. The summed E-state index contributed by atoms with van der Waals surface area (Å²) in [6.07, 6.45) is 3.09. The Kier molecular flexibility index (Phi) is 4.83. The van der Waals surface area contributed by atoms with Gasteiger partial charge < -0.3 is 10.2 Å². The zero-order chi connectivity index (χ0) is 17.1. The number of likely N-dealkylation sites (N-methyl/N-ethyl adjacent to an activating group) is 1. The lowest BCUT2D eigenvalue weighted by Crippen LogP contribution is -2.34. The van der Waals surface area contributed by atoms with E-state index in [4.69, 9.17) is 0 Å². The molecule has 128 valence electrons. The molecule has 0 aromatic heterocycles. The van der Waals surface area contributed by atoms with Crippen LogP contribution in [0.1, 0.15) is 37.3 Å². The van der Waals surface area contributed by atoms with Gasteiger partial charge in [0.2, 0.25) is 11.8 Å². The van der Waals surface area contributed by atoms with Crippen LogP contribution in [0.3, 0.4) is 0 Å². The summed E-state index contributed by atoms with van der Waals surface area (Å²) in [6, 6.07) is 9.81. The van der Waals surface area contributed by atoms with E-state index in [9.17, 15) is 14.4 Å². The van der Waals surface area contributed by atoms with Gasteiger partial charge in [-0.1, -0.05) is 30.3 Å². The first kappa shape index (κ1) is 16.5. The van der Waals surface area contributed by atoms with E-state index in [2.05, 4.69) is 5.32 Å². The van der Waals surface area contributed by atoms with Crippen LogP contribution >= 0.6 is 0 Å². The van der Waals surface area contributed by atoms with E-state index in [1.807, 2.05) is 30.3 Å². The van der Waals surface area contributed by atoms with Gasteiger partial charge in [-0.05, 0) is 30.7 Å². The van der Waals surface area contributed by atoms with E-state index < -0.39 is 0 Å². The number of nitrogens with zero attached hydrogens (tertiary/aromatic N) is 2. The zero-order valence-corrected chi connectivity index (χ0v) is 13.9. The molecule has 0 bridgehead atoms. The lowest BCUT2D eigenvalue weighted by Gasteiger charge is -2.19. The van der Waals surface area contributed by atoms with Crippen molar-refractivity contribution in [2.45, 2.75) is 31.7 Å². The lowest BCUT2D eigenvalue weighted by atomic mass is 10.0. The van der Waals surface area contributed by atoms with Gasteiger partial charge in [-0.3, -0.25) is 14.5 Å². The largest absolute Gasteiger partial charge is 0.349 e. The molecule has 1 aromatic rings. The molecule has 6 nitrogen and oxygen atoms in total. The molecule has 4 amide bonds. The van der Waals surface area contributed by atoms with E-state index in [-0.39, 0.29) is 30.4 Å². The topological polar surface area (TPSA) is 69.7 Å². The minimum absolute atomic E-state index is 0.0248. The quantitative estimate of drug-likeness (QED) is 0.777. The summed E-state index contributed by atoms with van der Waals surface area (Å²) in [5, 5.41) is 3.11. The third-order valence-electron chi connectivity index (χ3n) is 4.59. The Hall–Kier alpha value is -2.37. The maximum Gasteiger partial charge on any atom is 0.326 e. The first-order chi connectivity index (χ1) is 11.6. The second-order valence-corrected chi connectivity index (χ2v) is 6.58. The van der Waals surface area contributed by atoms with Crippen LogP contribution in [0.25, 0.3) is 0 Å². The van der Waals surface area contributed by atoms with Gasteiger partial charge in [0.1, 0.15) is 6.54 Å². The van der Waals surface area contributed by atoms with Crippen molar-refractivity contribution in [3.63, 3.8) is 0 Å². The molecule has 1 atom stereocenters. The Morgan fingerprint density at radius 3 is 2.54 bits per heavy atom. The van der Waals surface area contributed by atoms with Gasteiger partial charge in [-0.2, -0.15) is 0 Å². The highest BCUT2D eigenvalue weighted by atomic mass is 16.2. The van der Waals surface area contributed by atoms with E-state index >= 15 is 0 Å². The molecule has 1 saturated carbocycles. The minimum Gasteiger partial charge on any atom is -0.349 e. The van der Waals surface area contributed by atoms with Gasteiger partial charge in [0.25, 0.3) is 0 Å². The minimum atomic E-state index is -0.277. The zero-order valence-electron chi connectivity index (χ0n) is 13.9. The van der Waals surface area contributed by atoms with E-state index in [1.165, 1.54) is 9.80 Å². The van der Waals surface area contributed by atoms with Crippen LogP contribution in [-0.2, 0) is 9.59 Å². The lowest BCUT2D eigenvalue weighted by molar-refractivity contribution is -0.126. The SMILES string of the molecule is CN1CC(=O)N(CCCC(=O)NC(c2ccccc2)C2CC2)C1=O. The highest BCUT2D eigenvalue weighted by molar-refractivity contribution is 6.01. The average Bonchev–Trinajstić information content (AvgIpc) is 3.38. The number of carbonyl (C=O) groups excluding carboxylic acids is 3. The van der Waals surface area contributed by atoms with Gasteiger partial charge in [0.05, 0.1) is 6.04 Å². The molecule has 24 heavy (non-hydrogen) atoms. The number of amides is 4. The predicted molar refractivity (Wildman–Crippen MR) is 89.0 cm³/mol. The fourth-order valence-electron chi connectivity index (χ4n) is 3.10. The van der Waals surface area contributed by atoms with Gasteiger partial charge in [0.15, 0.2) is 0 Å². The van der Waals surface area contributed by atoms with Crippen LogP contribution in [0.4, 0.5) is 4.79 Å². The molecule has 1 aliphatic heterocycles. The maximum atomic E-state index is 12.3. The molecule has 1 aliphatic carbocycles. The predicted octanol–water partition coefficient (Wildman–Crippen LogP) is 1.93. The Morgan fingerprint density at radius 2 is 1.96 bits per heavy atom. The highest BCUT2D eigenvalue weighted by Crippen LogP contribution is 2.40. The number of carbonyl (C=O) groups is 3. The number of rotatable bonds is 7. The first-order valence-corrected chi connectivity index (χ1v) is 8.46. The highest BCUT2D eigenvalue weighted by Gasteiger charge is 2.34. The molecule has 6 heteroatoms. The third-order valence-corrected chi connectivity index (χ3v) is 4.59.